The van der Waals surface area contributed by atoms with Crippen molar-refractivity contribution < 1.29 is 8.42 Å². The maximum atomic E-state index is 12.3. The Kier molecular flexibility index (Phi) is 3.36. The predicted octanol–water partition coefficient (Wildman–Crippen LogP) is 0.483. The zero-order valence-electron chi connectivity index (χ0n) is 10.9. The molecule has 3 rings (SSSR count). The highest BCUT2D eigenvalue weighted by molar-refractivity contribution is 7.89. The largest absolute Gasteiger partial charge is 0.347 e. The average Bonchev–Trinajstić information content (AvgIpc) is 2.98. The van der Waals surface area contributed by atoms with Gasteiger partial charge in [0.05, 0.1) is 17.8 Å². The van der Waals surface area contributed by atoms with E-state index in [1.165, 1.54) is 6.33 Å². The second-order valence-electron chi connectivity index (χ2n) is 4.91. The van der Waals surface area contributed by atoms with Crippen LogP contribution >= 0.6 is 0 Å². The highest BCUT2D eigenvalue weighted by Gasteiger charge is 2.27. The minimum Gasteiger partial charge on any atom is -0.347 e. The first-order valence-electron chi connectivity index (χ1n) is 6.48. The van der Waals surface area contributed by atoms with Gasteiger partial charge in [0.1, 0.15) is 0 Å². The van der Waals surface area contributed by atoms with E-state index in [0.29, 0.717) is 18.3 Å². The van der Waals surface area contributed by atoms with Crippen molar-refractivity contribution in [1.29, 1.82) is 0 Å². The fourth-order valence-electron chi connectivity index (χ4n) is 2.14. The summed E-state index contributed by atoms with van der Waals surface area (Å²) in [7, 11) is -3.53. The molecule has 0 amide bonds. The van der Waals surface area contributed by atoms with Gasteiger partial charge in [0.2, 0.25) is 10.0 Å². The Morgan fingerprint density at radius 1 is 1.50 bits per heavy atom. The number of rotatable bonds is 6. The standard InChI is InChI=1S/C12H17N5O2S/c13-4-11-3-12(7-17(11)10-1-2-10)20(18,19)16-6-9-5-14-8-15-9/h3,5,7-8,10,16H,1-2,4,6,13H2,(H,14,15). The van der Waals surface area contributed by atoms with E-state index in [4.69, 9.17) is 5.73 Å². The Bertz CT molecular complexity index is 686. The van der Waals surface area contributed by atoms with Gasteiger partial charge < -0.3 is 15.3 Å². The van der Waals surface area contributed by atoms with Crippen molar-refractivity contribution in [2.75, 3.05) is 0 Å². The fraction of sp³-hybridized carbons (Fsp3) is 0.417. The molecule has 0 unspecified atom stereocenters. The lowest BCUT2D eigenvalue weighted by Crippen LogP contribution is -2.23. The smallest absolute Gasteiger partial charge is 0.242 e. The quantitative estimate of drug-likeness (QED) is 0.720. The van der Waals surface area contributed by atoms with Gasteiger partial charge in [-0.05, 0) is 18.9 Å². The lowest BCUT2D eigenvalue weighted by molar-refractivity contribution is 0.580. The molecule has 108 valence electrons. The van der Waals surface area contributed by atoms with Crippen molar-refractivity contribution >= 4 is 10.0 Å². The van der Waals surface area contributed by atoms with Crippen LogP contribution in [0.25, 0.3) is 0 Å². The predicted molar refractivity (Wildman–Crippen MR) is 73.2 cm³/mol. The molecule has 2 heterocycles. The van der Waals surface area contributed by atoms with Gasteiger partial charge in [0.15, 0.2) is 0 Å². The number of aromatic amines is 1. The van der Waals surface area contributed by atoms with E-state index in [9.17, 15) is 8.42 Å². The molecular formula is C12H17N5O2S. The van der Waals surface area contributed by atoms with Gasteiger partial charge >= 0.3 is 0 Å². The summed E-state index contributed by atoms with van der Waals surface area (Å²) in [5.41, 5.74) is 7.25. The number of hydrogen-bond donors (Lipinski definition) is 3. The van der Waals surface area contributed by atoms with Crippen LogP contribution in [0.2, 0.25) is 0 Å². The molecular weight excluding hydrogens is 278 g/mol. The highest BCUT2D eigenvalue weighted by Crippen LogP contribution is 2.37. The average molecular weight is 295 g/mol. The molecule has 8 heteroatoms. The fourth-order valence-corrected chi connectivity index (χ4v) is 3.19. The van der Waals surface area contributed by atoms with Crippen LogP contribution in [0.4, 0.5) is 0 Å². The van der Waals surface area contributed by atoms with E-state index < -0.39 is 10.0 Å². The molecule has 20 heavy (non-hydrogen) atoms. The number of H-pyrrole nitrogens is 1. The lowest BCUT2D eigenvalue weighted by atomic mass is 10.4. The molecule has 1 fully saturated rings. The lowest BCUT2D eigenvalue weighted by Gasteiger charge is -2.04. The van der Waals surface area contributed by atoms with Crippen molar-refractivity contribution in [3.63, 3.8) is 0 Å². The van der Waals surface area contributed by atoms with Crippen LogP contribution in [0.15, 0.2) is 29.7 Å². The van der Waals surface area contributed by atoms with Crippen molar-refractivity contribution in [1.82, 2.24) is 19.3 Å². The summed E-state index contributed by atoms with van der Waals surface area (Å²) in [6.07, 6.45) is 6.95. The third kappa shape index (κ3) is 2.62. The first-order valence-corrected chi connectivity index (χ1v) is 7.96. The molecule has 2 aromatic heterocycles. The van der Waals surface area contributed by atoms with Crippen LogP contribution < -0.4 is 10.5 Å². The molecule has 0 saturated heterocycles. The molecule has 0 spiro atoms. The second-order valence-corrected chi connectivity index (χ2v) is 6.68. The van der Waals surface area contributed by atoms with Crippen LogP contribution in [0, 0.1) is 0 Å². The van der Waals surface area contributed by atoms with Crippen LogP contribution in [0.3, 0.4) is 0 Å². The van der Waals surface area contributed by atoms with Gasteiger partial charge in [0.25, 0.3) is 0 Å². The van der Waals surface area contributed by atoms with Crippen LogP contribution in [0.5, 0.6) is 0 Å². The molecule has 0 bridgehead atoms. The van der Waals surface area contributed by atoms with Gasteiger partial charge in [-0.3, -0.25) is 0 Å². The number of nitrogens with two attached hydrogens (primary N) is 1. The number of sulfonamides is 1. The molecule has 1 aliphatic carbocycles. The minimum absolute atomic E-state index is 0.189. The topological polar surface area (TPSA) is 106 Å². The summed E-state index contributed by atoms with van der Waals surface area (Å²) in [4.78, 5) is 6.97. The summed E-state index contributed by atoms with van der Waals surface area (Å²) in [6.45, 7) is 0.529. The first-order chi connectivity index (χ1) is 9.60. The molecule has 0 aliphatic heterocycles. The summed E-state index contributed by atoms with van der Waals surface area (Å²) >= 11 is 0. The second kappa shape index (κ2) is 5.04. The summed E-state index contributed by atoms with van der Waals surface area (Å²) < 4.78 is 29.0. The summed E-state index contributed by atoms with van der Waals surface area (Å²) in [6, 6.07) is 2.05. The number of aromatic nitrogens is 3. The maximum Gasteiger partial charge on any atom is 0.242 e. The number of imidazole rings is 1. The molecule has 0 radical (unpaired) electrons. The molecule has 1 aliphatic rings. The molecule has 0 atom stereocenters. The van der Waals surface area contributed by atoms with Gasteiger partial charge in [-0.1, -0.05) is 0 Å². The van der Waals surface area contributed by atoms with E-state index in [0.717, 1.165) is 18.5 Å². The van der Waals surface area contributed by atoms with E-state index in [1.54, 1.807) is 18.5 Å². The SMILES string of the molecule is NCc1cc(S(=O)(=O)NCc2cnc[nH]2)cn1C1CC1. The van der Waals surface area contributed by atoms with Gasteiger partial charge in [-0.15, -0.1) is 0 Å². The van der Waals surface area contributed by atoms with Gasteiger partial charge in [-0.25, -0.2) is 18.1 Å². The normalized spacial score (nSPS) is 15.7. The van der Waals surface area contributed by atoms with Crippen LogP contribution in [0.1, 0.15) is 30.3 Å². The van der Waals surface area contributed by atoms with Gasteiger partial charge in [-0.2, -0.15) is 0 Å². The molecule has 7 nitrogen and oxygen atoms in total. The Hall–Kier alpha value is -1.64. The third-order valence-corrected chi connectivity index (χ3v) is 4.74. The molecule has 2 aromatic rings. The van der Waals surface area contributed by atoms with Crippen molar-refractivity contribution in [2.24, 2.45) is 5.73 Å². The van der Waals surface area contributed by atoms with Crippen LogP contribution in [-0.4, -0.2) is 23.0 Å². The van der Waals surface area contributed by atoms with Crippen molar-refractivity contribution in [3.05, 3.63) is 36.2 Å². The van der Waals surface area contributed by atoms with Crippen molar-refractivity contribution in [3.8, 4) is 0 Å². The van der Waals surface area contributed by atoms with E-state index in [2.05, 4.69) is 14.7 Å². The zero-order chi connectivity index (χ0) is 14.2. The van der Waals surface area contributed by atoms with Gasteiger partial charge in [0, 0.05) is 36.4 Å². The first kappa shape index (κ1) is 13.3. The Morgan fingerprint density at radius 2 is 2.30 bits per heavy atom. The highest BCUT2D eigenvalue weighted by atomic mass is 32.2. The number of hydrogen-bond acceptors (Lipinski definition) is 4. The van der Waals surface area contributed by atoms with Crippen LogP contribution in [-0.2, 0) is 23.1 Å². The van der Waals surface area contributed by atoms with Crippen molar-refractivity contribution in [2.45, 2.75) is 36.9 Å². The zero-order valence-corrected chi connectivity index (χ0v) is 11.7. The van der Waals surface area contributed by atoms with E-state index in [1.807, 2.05) is 4.57 Å². The Morgan fingerprint density at radius 3 is 2.90 bits per heavy atom. The number of nitrogens with zero attached hydrogens (tertiary/aromatic N) is 2. The van der Waals surface area contributed by atoms with E-state index in [-0.39, 0.29) is 11.4 Å². The third-order valence-electron chi connectivity index (χ3n) is 3.37. The monoisotopic (exact) mass is 295 g/mol. The molecule has 0 aromatic carbocycles. The number of nitrogens with one attached hydrogen (secondary N) is 2. The maximum absolute atomic E-state index is 12.3. The van der Waals surface area contributed by atoms with E-state index >= 15 is 0 Å². The molecule has 4 N–H and O–H groups in total. The summed E-state index contributed by atoms with van der Waals surface area (Å²) in [5.74, 6) is 0. The minimum atomic E-state index is -3.53. The Labute approximate surface area is 117 Å². The molecule has 1 saturated carbocycles. The summed E-state index contributed by atoms with van der Waals surface area (Å²) in [5, 5.41) is 0. The Balaban J connectivity index is 1.79.